The van der Waals surface area contributed by atoms with Crippen LogP contribution in [0.4, 0.5) is 4.39 Å². The standard InChI is InChI=1S/C13H15FN4O2/c1-8(19)7-15-13(20)12-9(2)18(17-16-12)11-5-3-10(14)4-6-11/h3-6,8,19H,7H2,1-2H3,(H,15,20). The number of hydrogen-bond acceptors (Lipinski definition) is 4. The average molecular weight is 278 g/mol. The first-order valence-electron chi connectivity index (χ1n) is 6.13. The molecule has 0 aliphatic heterocycles. The highest BCUT2D eigenvalue weighted by Gasteiger charge is 2.17. The Bertz CT molecular complexity index is 607. The van der Waals surface area contributed by atoms with Crippen LogP contribution in [0.5, 0.6) is 0 Å². The molecule has 2 rings (SSSR count). The van der Waals surface area contributed by atoms with E-state index in [-0.39, 0.29) is 18.1 Å². The minimum atomic E-state index is -0.633. The molecule has 0 spiro atoms. The predicted octanol–water partition coefficient (Wildman–Crippen LogP) is 0.825. The molecule has 0 saturated carbocycles. The van der Waals surface area contributed by atoms with Gasteiger partial charge in [-0.05, 0) is 38.1 Å². The van der Waals surface area contributed by atoms with E-state index in [2.05, 4.69) is 15.6 Å². The molecule has 6 nitrogen and oxygen atoms in total. The van der Waals surface area contributed by atoms with E-state index in [1.165, 1.54) is 16.8 Å². The summed E-state index contributed by atoms with van der Waals surface area (Å²) >= 11 is 0. The predicted molar refractivity (Wildman–Crippen MR) is 70.1 cm³/mol. The van der Waals surface area contributed by atoms with Gasteiger partial charge in [-0.2, -0.15) is 0 Å². The van der Waals surface area contributed by atoms with Crippen LogP contribution in [0, 0.1) is 12.7 Å². The van der Waals surface area contributed by atoms with Gasteiger partial charge in [0.2, 0.25) is 0 Å². The first-order chi connectivity index (χ1) is 9.49. The summed E-state index contributed by atoms with van der Waals surface area (Å²) in [6.07, 6.45) is -0.633. The number of aliphatic hydroxyl groups excluding tert-OH is 1. The van der Waals surface area contributed by atoms with E-state index in [4.69, 9.17) is 5.11 Å². The van der Waals surface area contributed by atoms with E-state index < -0.39 is 12.0 Å². The third-order valence-electron chi connectivity index (χ3n) is 2.74. The zero-order valence-corrected chi connectivity index (χ0v) is 11.2. The van der Waals surface area contributed by atoms with Gasteiger partial charge in [0.1, 0.15) is 5.82 Å². The number of benzene rings is 1. The molecule has 20 heavy (non-hydrogen) atoms. The van der Waals surface area contributed by atoms with E-state index in [0.717, 1.165) is 0 Å². The Morgan fingerprint density at radius 1 is 1.45 bits per heavy atom. The molecule has 2 aromatic rings. The lowest BCUT2D eigenvalue weighted by Crippen LogP contribution is -2.31. The number of carbonyl (C=O) groups is 1. The minimum absolute atomic E-state index is 0.141. The van der Waals surface area contributed by atoms with Gasteiger partial charge in [-0.1, -0.05) is 5.21 Å². The highest BCUT2D eigenvalue weighted by atomic mass is 19.1. The van der Waals surface area contributed by atoms with Crippen molar-refractivity contribution in [3.05, 3.63) is 41.5 Å². The van der Waals surface area contributed by atoms with Crippen LogP contribution < -0.4 is 5.32 Å². The third-order valence-corrected chi connectivity index (χ3v) is 2.74. The molecule has 1 unspecified atom stereocenters. The largest absolute Gasteiger partial charge is 0.392 e. The van der Waals surface area contributed by atoms with E-state index in [1.807, 2.05) is 0 Å². The zero-order valence-electron chi connectivity index (χ0n) is 11.2. The molecule has 106 valence electrons. The number of aliphatic hydroxyl groups is 1. The maximum Gasteiger partial charge on any atom is 0.273 e. The summed E-state index contributed by atoms with van der Waals surface area (Å²) in [5.41, 5.74) is 1.33. The van der Waals surface area contributed by atoms with Crippen molar-refractivity contribution in [1.82, 2.24) is 20.3 Å². The van der Waals surface area contributed by atoms with Crippen molar-refractivity contribution in [2.75, 3.05) is 6.54 Å². The maximum atomic E-state index is 12.9. The summed E-state index contributed by atoms with van der Waals surface area (Å²) in [5, 5.41) is 19.4. The molecule has 0 radical (unpaired) electrons. The number of rotatable bonds is 4. The van der Waals surface area contributed by atoms with Crippen LogP contribution in [-0.4, -0.2) is 38.7 Å². The van der Waals surface area contributed by atoms with Crippen LogP contribution in [0.25, 0.3) is 5.69 Å². The zero-order chi connectivity index (χ0) is 14.7. The number of amides is 1. The number of carbonyl (C=O) groups excluding carboxylic acids is 1. The van der Waals surface area contributed by atoms with Crippen molar-refractivity contribution >= 4 is 5.91 Å². The van der Waals surface area contributed by atoms with Crippen molar-refractivity contribution in [3.63, 3.8) is 0 Å². The van der Waals surface area contributed by atoms with Crippen molar-refractivity contribution in [3.8, 4) is 5.69 Å². The molecule has 0 aliphatic carbocycles. The Labute approximate surface area is 115 Å². The van der Waals surface area contributed by atoms with Crippen LogP contribution in [0.15, 0.2) is 24.3 Å². The first kappa shape index (κ1) is 14.1. The Kier molecular flexibility index (Phi) is 4.09. The fourth-order valence-corrected chi connectivity index (χ4v) is 1.69. The van der Waals surface area contributed by atoms with Crippen LogP contribution in [0.1, 0.15) is 23.1 Å². The molecule has 0 fully saturated rings. The first-order valence-corrected chi connectivity index (χ1v) is 6.13. The molecule has 0 bridgehead atoms. The van der Waals surface area contributed by atoms with Crippen molar-refractivity contribution in [2.45, 2.75) is 20.0 Å². The normalized spacial score (nSPS) is 12.2. The second kappa shape index (κ2) is 5.79. The van der Waals surface area contributed by atoms with Crippen LogP contribution >= 0.6 is 0 Å². The highest BCUT2D eigenvalue weighted by Crippen LogP contribution is 2.12. The monoisotopic (exact) mass is 278 g/mol. The number of nitrogens with zero attached hydrogens (tertiary/aromatic N) is 3. The van der Waals surface area contributed by atoms with Gasteiger partial charge < -0.3 is 10.4 Å². The van der Waals surface area contributed by atoms with Gasteiger partial charge in [0.25, 0.3) is 5.91 Å². The van der Waals surface area contributed by atoms with Gasteiger partial charge in [-0.25, -0.2) is 9.07 Å². The number of nitrogens with one attached hydrogen (secondary N) is 1. The van der Waals surface area contributed by atoms with Gasteiger partial charge in [0, 0.05) is 6.54 Å². The average Bonchev–Trinajstić information content (AvgIpc) is 2.79. The lowest BCUT2D eigenvalue weighted by atomic mass is 10.2. The molecular formula is C13H15FN4O2. The summed E-state index contributed by atoms with van der Waals surface area (Å²) in [6.45, 7) is 3.41. The quantitative estimate of drug-likeness (QED) is 0.868. The van der Waals surface area contributed by atoms with Gasteiger partial charge in [0.15, 0.2) is 5.69 Å². The molecule has 1 heterocycles. The molecule has 0 aliphatic rings. The smallest absolute Gasteiger partial charge is 0.273 e. The highest BCUT2D eigenvalue weighted by molar-refractivity contribution is 5.93. The summed E-state index contributed by atoms with van der Waals surface area (Å²) in [5.74, 6) is -0.752. The lowest BCUT2D eigenvalue weighted by molar-refractivity contribution is 0.0918. The van der Waals surface area contributed by atoms with E-state index in [0.29, 0.717) is 11.4 Å². The molecule has 1 atom stereocenters. The molecule has 1 amide bonds. The van der Waals surface area contributed by atoms with Crippen molar-refractivity contribution < 1.29 is 14.3 Å². The Morgan fingerprint density at radius 3 is 2.70 bits per heavy atom. The van der Waals surface area contributed by atoms with E-state index in [1.54, 1.807) is 26.0 Å². The van der Waals surface area contributed by atoms with E-state index in [9.17, 15) is 9.18 Å². The van der Waals surface area contributed by atoms with Crippen LogP contribution in [0.3, 0.4) is 0 Å². The maximum absolute atomic E-state index is 12.9. The molecule has 0 saturated heterocycles. The number of aromatic nitrogens is 3. The number of hydrogen-bond donors (Lipinski definition) is 2. The molecule has 2 N–H and O–H groups in total. The van der Waals surface area contributed by atoms with Crippen molar-refractivity contribution in [1.29, 1.82) is 0 Å². The second-order valence-corrected chi connectivity index (χ2v) is 4.47. The van der Waals surface area contributed by atoms with Gasteiger partial charge >= 0.3 is 0 Å². The second-order valence-electron chi connectivity index (χ2n) is 4.47. The Hall–Kier alpha value is -2.28. The topological polar surface area (TPSA) is 80.0 Å². The third kappa shape index (κ3) is 3.00. The SMILES string of the molecule is Cc1c(C(=O)NCC(C)O)nnn1-c1ccc(F)cc1. The summed E-state index contributed by atoms with van der Waals surface area (Å²) in [6, 6.07) is 5.72. The van der Waals surface area contributed by atoms with Gasteiger partial charge in [-0.3, -0.25) is 4.79 Å². The Morgan fingerprint density at radius 2 is 2.10 bits per heavy atom. The summed E-state index contributed by atoms with van der Waals surface area (Å²) in [4.78, 5) is 11.9. The molecular weight excluding hydrogens is 263 g/mol. The fourth-order valence-electron chi connectivity index (χ4n) is 1.69. The van der Waals surface area contributed by atoms with Crippen LogP contribution in [-0.2, 0) is 0 Å². The summed E-state index contributed by atoms with van der Waals surface area (Å²) < 4.78 is 14.3. The minimum Gasteiger partial charge on any atom is -0.392 e. The lowest BCUT2D eigenvalue weighted by Gasteiger charge is -2.06. The summed E-state index contributed by atoms with van der Waals surface area (Å²) in [7, 11) is 0. The fraction of sp³-hybridized carbons (Fsp3) is 0.308. The molecule has 7 heteroatoms. The molecule has 1 aromatic carbocycles. The number of halogens is 1. The Balaban J connectivity index is 2.22. The van der Waals surface area contributed by atoms with Gasteiger partial charge in [-0.15, -0.1) is 5.10 Å². The van der Waals surface area contributed by atoms with E-state index >= 15 is 0 Å². The van der Waals surface area contributed by atoms with Gasteiger partial charge in [0.05, 0.1) is 17.5 Å². The van der Waals surface area contributed by atoms with Crippen molar-refractivity contribution in [2.24, 2.45) is 0 Å². The molecule has 1 aromatic heterocycles. The van der Waals surface area contributed by atoms with Crippen LogP contribution in [0.2, 0.25) is 0 Å².